The highest BCUT2D eigenvalue weighted by Crippen LogP contribution is 2.32. The van der Waals surface area contributed by atoms with E-state index in [1.807, 2.05) is 37.4 Å². The molecule has 0 aliphatic heterocycles. The number of nitrogens with zero attached hydrogens (tertiary/aromatic N) is 2. The number of carbonyl (C=O) groups is 1. The lowest BCUT2D eigenvalue weighted by molar-refractivity contribution is -0.152. The summed E-state index contributed by atoms with van der Waals surface area (Å²) in [6.07, 6.45) is 1.97. The van der Waals surface area contributed by atoms with Crippen LogP contribution in [0.25, 0.3) is 32.1 Å². The quantitative estimate of drug-likeness (QED) is 0.429. The number of thiophene rings is 1. The minimum Gasteiger partial charge on any atom is -0.461 e. The van der Waals surface area contributed by atoms with E-state index in [0.29, 0.717) is 10.2 Å². The van der Waals surface area contributed by atoms with E-state index in [9.17, 15) is 9.59 Å². The Labute approximate surface area is 172 Å². The highest BCUT2D eigenvalue weighted by Gasteiger charge is 2.22. The number of esters is 1. The second kappa shape index (κ2) is 7.79. The monoisotopic (exact) mass is 406 g/mol. The molecule has 0 radical (unpaired) electrons. The molecule has 0 fully saturated rings. The van der Waals surface area contributed by atoms with Crippen molar-refractivity contribution in [1.82, 2.24) is 9.55 Å². The molecule has 0 aliphatic rings. The average molecular weight is 407 g/mol. The first-order valence-electron chi connectivity index (χ1n) is 9.67. The fourth-order valence-corrected chi connectivity index (χ4v) is 4.19. The van der Waals surface area contributed by atoms with Crippen LogP contribution >= 0.6 is 11.3 Å². The maximum Gasteiger partial charge on any atom is 0.329 e. The van der Waals surface area contributed by atoms with Gasteiger partial charge in [-0.3, -0.25) is 9.36 Å². The number of fused-ring (bicyclic) bond motifs is 2. The van der Waals surface area contributed by atoms with Crippen molar-refractivity contribution in [2.75, 3.05) is 0 Å². The number of ether oxygens (including phenoxy) is 1. The van der Waals surface area contributed by atoms with Crippen LogP contribution in [0.3, 0.4) is 0 Å². The van der Waals surface area contributed by atoms with Gasteiger partial charge in [-0.05, 0) is 42.7 Å². The van der Waals surface area contributed by atoms with Crippen LogP contribution < -0.4 is 5.56 Å². The molecule has 0 saturated heterocycles. The topological polar surface area (TPSA) is 61.2 Å². The molecule has 5 nitrogen and oxygen atoms in total. The molecule has 2 atom stereocenters. The lowest BCUT2D eigenvalue weighted by Crippen LogP contribution is -2.31. The number of benzene rings is 2. The van der Waals surface area contributed by atoms with Gasteiger partial charge in [-0.1, -0.05) is 43.3 Å². The number of hydrogen-bond acceptors (Lipinski definition) is 5. The molecule has 0 N–H and O–H groups in total. The van der Waals surface area contributed by atoms with Crippen LogP contribution in [-0.2, 0) is 9.53 Å². The van der Waals surface area contributed by atoms with Crippen LogP contribution in [0.1, 0.15) is 33.2 Å². The molecule has 4 rings (SSSR count). The highest BCUT2D eigenvalue weighted by atomic mass is 32.1. The van der Waals surface area contributed by atoms with Crippen LogP contribution in [0.2, 0.25) is 0 Å². The van der Waals surface area contributed by atoms with Crippen molar-refractivity contribution in [3.05, 3.63) is 64.5 Å². The summed E-state index contributed by atoms with van der Waals surface area (Å²) >= 11 is 1.43. The molecule has 0 spiro atoms. The zero-order valence-electron chi connectivity index (χ0n) is 16.6. The molecule has 0 bridgehead atoms. The van der Waals surface area contributed by atoms with Crippen molar-refractivity contribution < 1.29 is 9.53 Å². The maximum absolute atomic E-state index is 13.3. The SMILES string of the molecule is CCC(C)OC(=O)C(C)n1cnc2scc(-c3ccc4ccccc4c3)c2c1=O. The summed E-state index contributed by atoms with van der Waals surface area (Å²) in [6, 6.07) is 13.5. The zero-order chi connectivity index (χ0) is 20.5. The Morgan fingerprint density at radius 3 is 2.69 bits per heavy atom. The van der Waals surface area contributed by atoms with Crippen molar-refractivity contribution in [2.24, 2.45) is 0 Å². The third kappa shape index (κ3) is 3.56. The molecular weight excluding hydrogens is 384 g/mol. The molecule has 6 heteroatoms. The third-order valence-corrected chi connectivity index (χ3v) is 6.12. The Hall–Kier alpha value is -2.99. The lowest BCUT2D eigenvalue weighted by Gasteiger charge is -2.17. The van der Waals surface area contributed by atoms with E-state index in [2.05, 4.69) is 29.2 Å². The van der Waals surface area contributed by atoms with Gasteiger partial charge in [-0.15, -0.1) is 11.3 Å². The summed E-state index contributed by atoms with van der Waals surface area (Å²) in [5, 5.41) is 4.75. The van der Waals surface area contributed by atoms with Crippen LogP contribution in [0.4, 0.5) is 0 Å². The van der Waals surface area contributed by atoms with Gasteiger partial charge >= 0.3 is 5.97 Å². The van der Waals surface area contributed by atoms with Crippen molar-refractivity contribution >= 4 is 38.3 Å². The smallest absolute Gasteiger partial charge is 0.329 e. The van der Waals surface area contributed by atoms with E-state index < -0.39 is 12.0 Å². The van der Waals surface area contributed by atoms with E-state index in [-0.39, 0.29) is 11.7 Å². The largest absolute Gasteiger partial charge is 0.461 e. The van der Waals surface area contributed by atoms with E-state index >= 15 is 0 Å². The summed E-state index contributed by atoms with van der Waals surface area (Å²) in [5.74, 6) is -0.426. The van der Waals surface area contributed by atoms with Gasteiger partial charge in [-0.25, -0.2) is 9.78 Å². The van der Waals surface area contributed by atoms with Crippen molar-refractivity contribution in [3.63, 3.8) is 0 Å². The van der Waals surface area contributed by atoms with Crippen molar-refractivity contribution in [1.29, 1.82) is 0 Å². The van der Waals surface area contributed by atoms with Gasteiger partial charge in [0.2, 0.25) is 0 Å². The third-order valence-electron chi connectivity index (χ3n) is 5.23. The second-order valence-corrected chi connectivity index (χ2v) is 8.04. The first-order chi connectivity index (χ1) is 14.0. The van der Waals surface area contributed by atoms with Crippen LogP contribution in [0.5, 0.6) is 0 Å². The minimum atomic E-state index is -0.738. The second-order valence-electron chi connectivity index (χ2n) is 7.18. The Kier molecular flexibility index (Phi) is 5.20. The molecule has 29 heavy (non-hydrogen) atoms. The van der Waals surface area contributed by atoms with Gasteiger partial charge in [0.15, 0.2) is 0 Å². The molecule has 4 aromatic rings. The molecule has 0 saturated carbocycles. The number of aromatic nitrogens is 2. The normalized spacial score (nSPS) is 13.5. The molecule has 2 aromatic carbocycles. The van der Waals surface area contributed by atoms with Gasteiger partial charge in [0, 0.05) is 10.9 Å². The summed E-state index contributed by atoms with van der Waals surface area (Å²) in [7, 11) is 0. The molecule has 0 aliphatic carbocycles. The summed E-state index contributed by atoms with van der Waals surface area (Å²) < 4.78 is 6.77. The van der Waals surface area contributed by atoms with E-state index in [1.165, 1.54) is 22.2 Å². The highest BCUT2D eigenvalue weighted by molar-refractivity contribution is 7.17. The number of rotatable bonds is 5. The van der Waals surface area contributed by atoms with Crippen LogP contribution in [0.15, 0.2) is 59.0 Å². The van der Waals surface area contributed by atoms with E-state index in [4.69, 9.17) is 4.74 Å². The first-order valence-corrected chi connectivity index (χ1v) is 10.6. The predicted molar refractivity (Wildman–Crippen MR) is 117 cm³/mol. The van der Waals surface area contributed by atoms with Gasteiger partial charge in [0.05, 0.1) is 17.8 Å². The van der Waals surface area contributed by atoms with Crippen LogP contribution in [0, 0.1) is 0 Å². The lowest BCUT2D eigenvalue weighted by atomic mass is 10.0. The van der Waals surface area contributed by atoms with Gasteiger partial charge < -0.3 is 4.74 Å². The fourth-order valence-electron chi connectivity index (χ4n) is 3.28. The van der Waals surface area contributed by atoms with Gasteiger partial charge in [0.1, 0.15) is 10.9 Å². The number of carbonyl (C=O) groups excluding carboxylic acids is 1. The Morgan fingerprint density at radius 1 is 1.17 bits per heavy atom. The molecule has 2 heterocycles. The standard InChI is InChI=1S/C23H22N2O3S/c1-4-14(2)28-23(27)15(3)25-13-24-21-20(22(25)26)19(12-29-21)18-10-9-16-7-5-6-8-17(16)11-18/h5-15H,4H2,1-3H3. The minimum absolute atomic E-state index is 0.188. The average Bonchev–Trinajstić information content (AvgIpc) is 3.18. The zero-order valence-corrected chi connectivity index (χ0v) is 17.4. The first kappa shape index (κ1) is 19.3. The predicted octanol–water partition coefficient (Wildman–Crippen LogP) is 5.18. The molecule has 2 aromatic heterocycles. The Morgan fingerprint density at radius 2 is 1.93 bits per heavy atom. The number of hydrogen-bond donors (Lipinski definition) is 0. The van der Waals surface area contributed by atoms with Crippen LogP contribution in [-0.4, -0.2) is 21.6 Å². The van der Waals surface area contributed by atoms with Gasteiger partial charge in [-0.2, -0.15) is 0 Å². The molecule has 148 valence electrons. The summed E-state index contributed by atoms with van der Waals surface area (Å²) in [4.78, 5) is 30.8. The summed E-state index contributed by atoms with van der Waals surface area (Å²) in [5.41, 5.74) is 1.57. The Bertz CT molecular complexity index is 1260. The fraction of sp³-hybridized carbons (Fsp3) is 0.261. The van der Waals surface area contributed by atoms with Crippen molar-refractivity contribution in [2.45, 2.75) is 39.3 Å². The molecule has 0 amide bonds. The molecule has 2 unspecified atom stereocenters. The Balaban J connectivity index is 1.80. The molecular formula is C23H22N2O3S. The van der Waals surface area contributed by atoms with Crippen molar-refractivity contribution in [3.8, 4) is 11.1 Å². The van der Waals surface area contributed by atoms with E-state index in [1.54, 1.807) is 6.92 Å². The van der Waals surface area contributed by atoms with E-state index in [0.717, 1.165) is 28.3 Å². The van der Waals surface area contributed by atoms with Gasteiger partial charge in [0.25, 0.3) is 5.56 Å². The maximum atomic E-state index is 13.3. The summed E-state index contributed by atoms with van der Waals surface area (Å²) in [6.45, 7) is 5.46.